The number of benzene rings is 1. The van der Waals surface area contributed by atoms with Gasteiger partial charge in [0, 0.05) is 29.9 Å². The molecule has 3 heteroatoms. The highest BCUT2D eigenvalue weighted by molar-refractivity contribution is 6.31. The van der Waals surface area contributed by atoms with Crippen molar-refractivity contribution in [3.05, 3.63) is 64.4 Å². The molecule has 0 aliphatic carbocycles. The summed E-state index contributed by atoms with van der Waals surface area (Å²) in [5.41, 5.74) is 3.37. The van der Waals surface area contributed by atoms with E-state index in [-0.39, 0.29) is 0 Å². The molecule has 0 atom stereocenters. The minimum Gasteiger partial charge on any atom is -0.316 e. The average molecular weight is 247 g/mol. The lowest BCUT2D eigenvalue weighted by atomic mass is 10.1. The lowest BCUT2D eigenvalue weighted by Crippen LogP contribution is -2.05. The molecule has 0 radical (unpaired) electrons. The van der Waals surface area contributed by atoms with Crippen LogP contribution >= 0.6 is 11.6 Å². The zero-order valence-corrected chi connectivity index (χ0v) is 10.5. The van der Waals surface area contributed by atoms with Crippen molar-refractivity contribution in [2.24, 2.45) is 0 Å². The molecular formula is C14H15ClN2. The number of pyridine rings is 1. The van der Waals surface area contributed by atoms with Crippen LogP contribution in [0.3, 0.4) is 0 Å². The molecular weight excluding hydrogens is 232 g/mol. The first-order valence-corrected chi connectivity index (χ1v) is 5.99. The second-order valence-electron chi connectivity index (χ2n) is 3.95. The van der Waals surface area contributed by atoms with Gasteiger partial charge in [0.05, 0.1) is 0 Å². The van der Waals surface area contributed by atoms with Gasteiger partial charge in [-0.2, -0.15) is 0 Å². The zero-order valence-electron chi connectivity index (χ0n) is 9.78. The molecule has 2 nitrogen and oxygen atoms in total. The summed E-state index contributed by atoms with van der Waals surface area (Å²) in [4.78, 5) is 4.31. The van der Waals surface area contributed by atoms with Gasteiger partial charge < -0.3 is 5.32 Å². The van der Waals surface area contributed by atoms with Crippen LogP contribution in [0.1, 0.15) is 16.8 Å². The lowest BCUT2D eigenvalue weighted by molar-refractivity contribution is 0.817. The molecule has 0 saturated carbocycles. The standard InChI is InChI=1S/C14H15ClN2/c1-16-10-12-6-5-11(9-14(12)15)8-13-4-2-3-7-17-13/h2-7,9,16H,8,10H2,1H3. The molecule has 1 heterocycles. The Kier molecular flexibility index (Phi) is 4.13. The first-order valence-electron chi connectivity index (χ1n) is 5.61. The highest BCUT2D eigenvalue weighted by atomic mass is 35.5. The van der Waals surface area contributed by atoms with Crippen molar-refractivity contribution in [1.82, 2.24) is 10.3 Å². The van der Waals surface area contributed by atoms with E-state index < -0.39 is 0 Å². The predicted octanol–water partition coefficient (Wildman–Crippen LogP) is 3.05. The fourth-order valence-corrected chi connectivity index (χ4v) is 2.02. The molecule has 0 fully saturated rings. The Hall–Kier alpha value is -1.38. The van der Waals surface area contributed by atoms with E-state index in [1.807, 2.05) is 37.5 Å². The van der Waals surface area contributed by atoms with Gasteiger partial charge in [-0.1, -0.05) is 29.8 Å². The average Bonchev–Trinajstić information content (AvgIpc) is 2.34. The van der Waals surface area contributed by atoms with Gasteiger partial charge in [0.1, 0.15) is 0 Å². The second-order valence-corrected chi connectivity index (χ2v) is 4.36. The minimum atomic E-state index is 0.794. The van der Waals surface area contributed by atoms with Crippen LogP contribution in [0.25, 0.3) is 0 Å². The van der Waals surface area contributed by atoms with E-state index in [4.69, 9.17) is 11.6 Å². The maximum absolute atomic E-state index is 6.21. The van der Waals surface area contributed by atoms with Crippen molar-refractivity contribution in [2.45, 2.75) is 13.0 Å². The summed E-state index contributed by atoms with van der Waals surface area (Å²) in [7, 11) is 1.91. The third kappa shape index (κ3) is 3.29. The Morgan fingerprint density at radius 3 is 2.76 bits per heavy atom. The monoisotopic (exact) mass is 246 g/mol. The molecule has 1 N–H and O–H groups in total. The molecule has 0 amide bonds. The van der Waals surface area contributed by atoms with Crippen LogP contribution in [0.5, 0.6) is 0 Å². The second kappa shape index (κ2) is 5.80. The van der Waals surface area contributed by atoms with Crippen molar-refractivity contribution < 1.29 is 0 Å². The van der Waals surface area contributed by atoms with Crippen molar-refractivity contribution in [3.8, 4) is 0 Å². The summed E-state index contributed by atoms with van der Waals surface area (Å²) >= 11 is 6.21. The van der Waals surface area contributed by atoms with Crippen LogP contribution in [0.4, 0.5) is 0 Å². The fraction of sp³-hybridized carbons (Fsp3) is 0.214. The number of rotatable bonds is 4. The summed E-state index contributed by atoms with van der Waals surface area (Å²) in [6.07, 6.45) is 2.63. The van der Waals surface area contributed by atoms with E-state index >= 15 is 0 Å². The van der Waals surface area contributed by atoms with E-state index in [9.17, 15) is 0 Å². The van der Waals surface area contributed by atoms with Crippen LogP contribution < -0.4 is 5.32 Å². The Labute approximate surface area is 107 Å². The van der Waals surface area contributed by atoms with E-state index in [0.29, 0.717) is 0 Å². The predicted molar refractivity (Wildman–Crippen MR) is 71.3 cm³/mol. The number of nitrogens with one attached hydrogen (secondary N) is 1. The Bertz CT molecular complexity index is 483. The molecule has 1 aromatic heterocycles. The largest absolute Gasteiger partial charge is 0.316 e. The van der Waals surface area contributed by atoms with Crippen LogP contribution in [0.2, 0.25) is 5.02 Å². The molecule has 0 saturated heterocycles. The van der Waals surface area contributed by atoms with Crippen LogP contribution in [0.15, 0.2) is 42.6 Å². The highest BCUT2D eigenvalue weighted by Gasteiger charge is 2.02. The van der Waals surface area contributed by atoms with Crippen LogP contribution in [-0.2, 0) is 13.0 Å². The summed E-state index contributed by atoms with van der Waals surface area (Å²) < 4.78 is 0. The number of aromatic nitrogens is 1. The number of hydrogen-bond acceptors (Lipinski definition) is 2. The summed E-state index contributed by atoms with van der Waals surface area (Å²) in [6, 6.07) is 12.1. The number of halogens is 1. The summed E-state index contributed by atoms with van der Waals surface area (Å²) in [5, 5.41) is 3.91. The molecule has 0 aliphatic rings. The molecule has 0 bridgehead atoms. The molecule has 17 heavy (non-hydrogen) atoms. The lowest BCUT2D eigenvalue weighted by Gasteiger charge is -2.06. The maximum atomic E-state index is 6.21. The minimum absolute atomic E-state index is 0.794. The van der Waals surface area contributed by atoms with Gasteiger partial charge in [0.2, 0.25) is 0 Å². The fourth-order valence-electron chi connectivity index (χ4n) is 1.75. The van der Waals surface area contributed by atoms with Gasteiger partial charge in [-0.15, -0.1) is 0 Å². The normalized spacial score (nSPS) is 10.5. The molecule has 0 aliphatic heterocycles. The van der Waals surface area contributed by atoms with Crippen LogP contribution in [0, 0.1) is 0 Å². The molecule has 0 spiro atoms. The van der Waals surface area contributed by atoms with Gasteiger partial charge in [-0.05, 0) is 36.4 Å². The Morgan fingerprint density at radius 2 is 2.12 bits per heavy atom. The van der Waals surface area contributed by atoms with Gasteiger partial charge in [-0.25, -0.2) is 0 Å². The van der Waals surface area contributed by atoms with Crippen molar-refractivity contribution in [1.29, 1.82) is 0 Å². The number of nitrogens with zero attached hydrogens (tertiary/aromatic N) is 1. The topological polar surface area (TPSA) is 24.9 Å². The highest BCUT2D eigenvalue weighted by Crippen LogP contribution is 2.19. The van der Waals surface area contributed by atoms with Gasteiger partial charge in [-0.3, -0.25) is 4.98 Å². The number of hydrogen-bond donors (Lipinski definition) is 1. The van der Waals surface area contributed by atoms with E-state index in [1.165, 1.54) is 5.56 Å². The molecule has 2 rings (SSSR count). The van der Waals surface area contributed by atoms with Crippen molar-refractivity contribution in [2.75, 3.05) is 7.05 Å². The smallest absolute Gasteiger partial charge is 0.0453 e. The van der Waals surface area contributed by atoms with Gasteiger partial charge in [0.25, 0.3) is 0 Å². The quantitative estimate of drug-likeness (QED) is 0.897. The van der Waals surface area contributed by atoms with Crippen molar-refractivity contribution >= 4 is 11.6 Å². The first kappa shape index (κ1) is 12.1. The first-order chi connectivity index (χ1) is 8.29. The van der Waals surface area contributed by atoms with Gasteiger partial charge >= 0.3 is 0 Å². The zero-order chi connectivity index (χ0) is 12.1. The molecule has 88 valence electrons. The maximum Gasteiger partial charge on any atom is 0.0453 e. The third-order valence-electron chi connectivity index (χ3n) is 2.60. The van der Waals surface area contributed by atoms with E-state index in [0.717, 1.165) is 29.2 Å². The van der Waals surface area contributed by atoms with E-state index in [2.05, 4.69) is 22.4 Å². The summed E-state index contributed by atoms with van der Waals surface area (Å²) in [6.45, 7) is 0.794. The molecule has 0 unspecified atom stereocenters. The Morgan fingerprint density at radius 1 is 1.24 bits per heavy atom. The summed E-state index contributed by atoms with van der Waals surface area (Å²) in [5.74, 6) is 0. The molecule has 1 aromatic carbocycles. The van der Waals surface area contributed by atoms with Crippen LogP contribution in [-0.4, -0.2) is 12.0 Å². The SMILES string of the molecule is CNCc1ccc(Cc2ccccn2)cc1Cl. The third-order valence-corrected chi connectivity index (χ3v) is 2.95. The van der Waals surface area contributed by atoms with Crippen molar-refractivity contribution in [3.63, 3.8) is 0 Å². The molecule has 2 aromatic rings. The van der Waals surface area contributed by atoms with E-state index in [1.54, 1.807) is 0 Å². The Balaban J connectivity index is 2.15. The van der Waals surface area contributed by atoms with Gasteiger partial charge in [0.15, 0.2) is 0 Å².